The Morgan fingerprint density at radius 2 is 1.89 bits per heavy atom. The van der Waals surface area contributed by atoms with E-state index in [1.54, 1.807) is 0 Å². The van der Waals surface area contributed by atoms with Crippen LogP contribution in [-0.2, 0) is 0 Å². The maximum absolute atomic E-state index is 13.0. The van der Waals surface area contributed by atoms with Gasteiger partial charge < -0.3 is 14.8 Å². The quantitative estimate of drug-likeness (QED) is 0.881. The van der Waals surface area contributed by atoms with Crippen LogP contribution in [-0.4, -0.2) is 65.6 Å². The molecule has 0 bridgehead atoms. The van der Waals surface area contributed by atoms with Gasteiger partial charge in [-0.2, -0.15) is 0 Å². The predicted octanol–water partition coefficient (Wildman–Crippen LogP) is 3.37. The molecule has 5 nitrogen and oxygen atoms in total. The zero-order valence-electron chi connectivity index (χ0n) is 17.5. The van der Waals surface area contributed by atoms with Crippen LogP contribution in [0.3, 0.4) is 0 Å². The zero-order chi connectivity index (χ0) is 19.7. The van der Waals surface area contributed by atoms with E-state index in [-0.39, 0.29) is 5.91 Å². The van der Waals surface area contributed by atoms with Gasteiger partial charge in [0, 0.05) is 60.9 Å². The molecule has 1 aromatic carbocycles. The Morgan fingerprint density at radius 3 is 2.57 bits per heavy atom. The van der Waals surface area contributed by atoms with Crippen molar-refractivity contribution >= 4 is 16.8 Å². The molecule has 0 spiro atoms. The molecular weight excluding hydrogens is 348 g/mol. The van der Waals surface area contributed by atoms with Crippen molar-refractivity contribution in [1.29, 1.82) is 0 Å². The molecule has 0 saturated carbocycles. The summed E-state index contributed by atoms with van der Waals surface area (Å²) in [5.41, 5.74) is 2.05. The molecule has 2 aliphatic rings. The molecule has 2 fully saturated rings. The summed E-state index contributed by atoms with van der Waals surface area (Å²) in [6.07, 6.45) is 4.74. The minimum atomic E-state index is 0.169. The number of piperidine rings is 1. The van der Waals surface area contributed by atoms with Crippen LogP contribution >= 0.6 is 0 Å². The molecule has 4 rings (SSSR count). The summed E-state index contributed by atoms with van der Waals surface area (Å²) in [5, 5.41) is 4.70. The monoisotopic (exact) mass is 382 g/mol. The fourth-order valence-corrected chi connectivity index (χ4v) is 4.79. The van der Waals surface area contributed by atoms with E-state index in [0.29, 0.717) is 18.0 Å². The molecule has 2 saturated heterocycles. The molecule has 28 heavy (non-hydrogen) atoms. The first-order chi connectivity index (χ1) is 13.5. The summed E-state index contributed by atoms with van der Waals surface area (Å²) in [6.45, 7) is 12.6. The number of carbonyl (C=O) groups excluding carboxylic acids is 1. The molecule has 5 heteroatoms. The zero-order valence-corrected chi connectivity index (χ0v) is 17.5. The van der Waals surface area contributed by atoms with Crippen LogP contribution in [0.25, 0.3) is 10.9 Å². The maximum atomic E-state index is 13.0. The highest BCUT2D eigenvalue weighted by atomic mass is 16.2. The van der Waals surface area contributed by atoms with Gasteiger partial charge in [0.05, 0.1) is 0 Å². The number of aromatic nitrogens is 1. The Kier molecular flexibility index (Phi) is 5.74. The highest BCUT2D eigenvalue weighted by Gasteiger charge is 2.25. The van der Waals surface area contributed by atoms with Gasteiger partial charge in [-0.25, -0.2) is 0 Å². The minimum absolute atomic E-state index is 0.169. The smallest absolute Gasteiger partial charge is 0.253 e. The van der Waals surface area contributed by atoms with Crippen molar-refractivity contribution in [1.82, 2.24) is 19.7 Å². The van der Waals surface area contributed by atoms with Gasteiger partial charge in [-0.15, -0.1) is 0 Å². The van der Waals surface area contributed by atoms with E-state index >= 15 is 0 Å². The van der Waals surface area contributed by atoms with Gasteiger partial charge in [0.1, 0.15) is 0 Å². The number of nitrogens with one attached hydrogen (secondary N) is 1. The second-order valence-corrected chi connectivity index (χ2v) is 8.77. The lowest BCUT2D eigenvalue weighted by Gasteiger charge is -2.37. The van der Waals surface area contributed by atoms with Gasteiger partial charge in [0.25, 0.3) is 5.91 Å². The second-order valence-electron chi connectivity index (χ2n) is 8.77. The van der Waals surface area contributed by atoms with E-state index in [9.17, 15) is 4.79 Å². The van der Waals surface area contributed by atoms with E-state index in [4.69, 9.17) is 0 Å². The SMILES string of the molecule is CC(C)N1CCN(C(=O)c2ccc3c(ccn3C(C)C3CCCNC3)c2)CC1. The van der Waals surface area contributed by atoms with Crippen LogP contribution in [0.15, 0.2) is 30.5 Å². The maximum Gasteiger partial charge on any atom is 0.253 e. The van der Waals surface area contributed by atoms with Crippen molar-refractivity contribution in [2.75, 3.05) is 39.3 Å². The largest absolute Gasteiger partial charge is 0.344 e. The van der Waals surface area contributed by atoms with E-state index < -0.39 is 0 Å². The molecule has 1 aromatic heterocycles. The number of carbonyl (C=O) groups is 1. The number of hydrogen-bond acceptors (Lipinski definition) is 3. The van der Waals surface area contributed by atoms with Crippen molar-refractivity contribution in [2.45, 2.75) is 45.7 Å². The summed E-state index contributed by atoms with van der Waals surface area (Å²) in [7, 11) is 0. The molecule has 1 amide bonds. The normalized spacial score (nSPS) is 22.7. The lowest BCUT2D eigenvalue weighted by Crippen LogP contribution is -2.50. The second kappa shape index (κ2) is 8.26. The van der Waals surface area contributed by atoms with Gasteiger partial charge in [0.15, 0.2) is 0 Å². The summed E-state index contributed by atoms with van der Waals surface area (Å²) < 4.78 is 2.39. The van der Waals surface area contributed by atoms with Gasteiger partial charge in [-0.1, -0.05) is 0 Å². The number of hydrogen-bond donors (Lipinski definition) is 1. The fourth-order valence-electron chi connectivity index (χ4n) is 4.79. The van der Waals surface area contributed by atoms with E-state index in [2.05, 4.69) is 60.0 Å². The highest BCUT2D eigenvalue weighted by Crippen LogP contribution is 2.29. The molecular formula is C23H34N4O. The van der Waals surface area contributed by atoms with Crippen molar-refractivity contribution in [3.05, 3.63) is 36.0 Å². The van der Waals surface area contributed by atoms with Gasteiger partial charge in [-0.05, 0) is 76.9 Å². The van der Waals surface area contributed by atoms with Crippen molar-refractivity contribution in [3.8, 4) is 0 Å². The van der Waals surface area contributed by atoms with Crippen LogP contribution in [0.1, 0.15) is 50.0 Å². The van der Waals surface area contributed by atoms with Crippen molar-refractivity contribution in [3.63, 3.8) is 0 Å². The lowest BCUT2D eigenvalue weighted by atomic mass is 9.92. The number of piperazine rings is 1. The predicted molar refractivity (Wildman–Crippen MR) is 115 cm³/mol. The lowest BCUT2D eigenvalue weighted by molar-refractivity contribution is 0.0595. The number of benzene rings is 1. The molecule has 2 atom stereocenters. The highest BCUT2D eigenvalue weighted by molar-refractivity contribution is 5.98. The van der Waals surface area contributed by atoms with E-state index in [1.165, 1.54) is 23.7 Å². The molecule has 1 N–H and O–H groups in total. The molecule has 0 radical (unpaired) electrons. The Bertz CT molecular complexity index is 813. The number of nitrogens with zero attached hydrogens (tertiary/aromatic N) is 3. The first-order valence-electron chi connectivity index (χ1n) is 10.9. The Morgan fingerprint density at radius 1 is 1.11 bits per heavy atom. The third-order valence-corrected chi connectivity index (χ3v) is 6.76. The average molecular weight is 383 g/mol. The number of fused-ring (bicyclic) bond motifs is 1. The number of amides is 1. The third kappa shape index (κ3) is 3.83. The topological polar surface area (TPSA) is 40.5 Å². The molecule has 0 aliphatic carbocycles. The van der Waals surface area contributed by atoms with Gasteiger partial charge >= 0.3 is 0 Å². The Labute approximate surface area is 168 Å². The van der Waals surface area contributed by atoms with E-state index in [1.807, 2.05) is 11.0 Å². The molecule has 2 unspecified atom stereocenters. The third-order valence-electron chi connectivity index (χ3n) is 6.76. The van der Waals surface area contributed by atoms with Crippen LogP contribution in [0.5, 0.6) is 0 Å². The fraction of sp³-hybridized carbons (Fsp3) is 0.609. The Hall–Kier alpha value is -1.85. The molecule has 2 aliphatic heterocycles. The first-order valence-corrected chi connectivity index (χ1v) is 10.9. The summed E-state index contributed by atoms with van der Waals surface area (Å²) in [4.78, 5) is 17.4. The van der Waals surface area contributed by atoms with Crippen LogP contribution in [0.2, 0.25) is 0 Å². The van der Waals surface area contributed by atoms with Crippen LogP contribution < -0.4 is 5.32 Å². The first kappa shape index (κ1) is 19.5. The summed E-state index contributed by atoms with van der Waals surface area (Å²) in [5.74, 6) is 0.838. The van der Waals surface area contributed by atoms with Crippen molar-refractivity contribution < 1.29 is 4.79 Å². The number of rotatable bonds is 4. The molecule has 2 aromatic rings. The van der Waals surface area contributed by atoms with Crippen molar-refractivity contribution in [2.24, 2.45) is 5.92 Å². The molecule has 152 valence electrons. The molecule has 3 heterocycles. The van der Waals surface area contributed by atoms with Crippen LogP contribution in [0, 0.1) is 5.92 Å². The van der Waals surface area contributed by atoms with E-state index in [0.717, 1.165) is 44.8 Å². The average Bonchev–Trinajstić information content (AvgIpc) is 3.16. The van der Waals surface area contributed by atoms with Gasteiger partial charge in [0.2, 0.25) is 0 Å². The summed E-state index contributed by atoms with van der Waals surface area (Å²) >= 11 is 0. The standard InChI is InChI=1S/C23H34N4O/c1-17(2)25-11-13-26(14-12-25)23(28)20-6-7-22-19(15-20)8-10-27(22)18(3)21-5-4-9-24-16-21/h6-8,10,15,17-18,21,24H,4-5,9,11-14,16H2,1-3H3. The van der Waals surface area contributed by atoms with Crippen LogP contribution in [0.4, 0.5) is 0 Å². The minimum Gasteiger partial charge on any atom is -0.344 e. The van der Waals surface area contributed by atoms with Gasteiger partial charge in [-0.3, -0.25) is 9.69 Å². The Balaban J connectivity index is 1.49. The summed E-state index contributed by atoms with van der Waals surface area (Å²) in [6, 6.07) is 9.41.